The lowest BCUT2D eigenvalue weighted by Crippen LogP contribution is -2.10. The van der Waals surface area contributed by atoms with E-state index in [1.54, 1.807) is 6.20 Å². The fourth-order valence-corrected chi connectivity index (χ4v) is 3.65. The van der Waals surface area contributed by atoms with Crippen molar-refractivity contribution in [3.8, 4) is 11.5 Å². The molecule has 0 aliphatic carbocycles. The van der Waals surface area contributed by atoms with Crippen LogP contribution in [0.1, 0.15) is 24.5 Å². The Balaban J connectivity index is 1.77. The Bertz CT molecular complexity index is 1260. The van der Waals surface area contributed by atoms with Gasteiger partial charge in [0.2, 0.25) is 0 Å². The average Bonchev–Trinajstić information content (AvgIpc) is 3.17. The topological polar surface area (TPSA) is 72.7 Å². The predicted molar refractivity (Wildman–Crippen MR) is 129 cm³/mol. The van der Waals surface area contributed by atoms with E-state index in [-0.39, 0.29) is 6.42 Å². The molecule has 0 bridgehead atoms. The number of rotatable bonds is 10. The maximum absolute atomic E-state index is 11.5. The molecule has 0 spiro atoms. The third-order valence-corrected chi connectivity index (χ3v) is 5.09. The third kappa shape index (κ3) is 5.42. The molecule has 0 aliphatic heterocycles. The molecule has 0 saturated heterocycles. The Kier molecular flexibility index (Phi) is 7.07. The molecule has 0 radical (unpaired) electrons. The number of carboxylic acids is 1. The summed E-state index contributed by atoms with van der Waals surface area (Å²) in [6, 6.07) is 25.1. The van der Waals surface area contributed by atoms with Gasteiger partial charge in [-0.1, -0.05) is 55.5 Å². The van der Waals surface area contributed by atoms with Crippen molar-refractivity contribution in [1.29, 1.82) is 0 Å². The molecule has 4 rings (SSSR count). The van der Waals surface area contributed by atoms with E-state index in [0.29, 0.717) is 12.4 Å². The molecule has 4 aromatic rings. The second kappa shape index (κ2) is 10.5. The fourth-order valence-electron chi connectivity index (χ4n) is 3.65. The predicted octanol–water partition coefficient (Wildman–Crippen LogP) is 5.84. The zero-order chi connectivity index (χ0) is 23.0. The lowest BCUT2D eigenvalue weighted by molar-refractivity contribution is -0.136. The Morgan fingerprint density at radius 3 is 2.55 bits per heavy atom. The van der Waals surface area contributed by atoms with Crippen LogP contribution in [0, 0.1) is 0 Å². The number of fused-ring (bicyclic) bond motifs is 1. The van der Waals surface area contributed by atoms with E-state index in [2.05, 4.69) is 5.48 Å². The lowest BCUT2D eigenvalue weighted by atomic mass is 10.1. The summed E-state index contributed by atoms with van der Waals surface area (Å²) in [5, 5.41) is 10.3. The smallest absolute Gasteiger partial charge is 0.307 e. The molecule has 0 atom stereocenters. The second-order valence-electron chi connectivity index (χ2n) is 7.55. The van der Waals surface area contributed by atoms with Crippen molar-refractivity contribution in [1.82, 2.24) is 10.0 Å². The molecule has 33 heavy (non-hydrogen) atoms. The number of hydrogen-bond acceptors (Lipinski definition) is 4. The van der Waals surface area contributed by atoms with Gasteiger partial charge in [-0.2, -0.15) is 0 Å². The number of carbonyl (C=O) groups is 1. The highest BCUT2D eigenvalue weighted by Crippen LogP contribution is 2.30. The molecule has 3 aromatic carbocycles. The first-order valence-electron chi connectivity index (χ1n) is 10.9. The highest BCUT2D eigenvalue weighted by atomic mass is 16.6. The number of aliphatic carboxylic acids is 1. The number of hydroxylamine groups is 1. The Hall–Kier alpha value is -4.03. The Morgan fingerprint density at radius 2 is 1.76 bits per heavy atom. The summed E-state index contributed by atoms with van der Waals surface area (Å²) in [5.74, 6) is 0.576. The monoisotopic (exact) mass is 442 g/mol. The van der Waals surface area contributed by atoms with E-state index in [0.717, 1.165) is 39.9 Å². The summed E-state index contributed by atoms with van der Waals surface area (Å²) in [7, 11) is 0. The van der Waals surface area contributed by atoms with Gasteiger partial charge in [-0.05, 0) is 42.3 Å². The Morgan fingerprint density at radius 1 is 1.00 bits per heavy atom. The number of hydrogen-bond donors (Lipinski definition) is 2. The molecule has 6 nitrogen and oxygen atoms in total. The summed E-state index contributed by atoms with van der Waals surface area (Å²) in [6.07, 6.45) is 4.48. The van der Waals surface area contributed by atoms with E-state index in [1.165, 1.54) is 0 Å². The molecule has 0 aliphatic rings. The molecule has 2 N–H and O–H groups in total. The molecule has 0 amide bonds. The lowest BCUT2D eigenvalue weighted by Gasteiger charge is -2.14. The number of benzene rings is 3. The van der Waals surface area contributed by atoms with Gasteiger partial charge in [-0.25, -0.2) is 0 Å². The van der Waals surface area contributed by atoms with Crippen molar-refractivity contribution in [2.24, 2.45) is 0 Å². The van der Waals surface area contributed by atoms with Crippen molar-refractivity contribution >= 4 is 22.6 Å². The van der Waals surface area contributed by atoms with Crippen LogP contribution in [-0.2, 0) is 16.1 Å². The van der Waals surface area contributed by atoms with Crippen LogP contribution in [0.5, 0.6) is 11.5 Å². The van der Waals surface area contributed by atoms with E-state index in [4.69, 9.17) is 9.57 Å². The van der Waals surface area contributed by atoms with Crippen LogP contribution in [-0.4, -0.2) is 22.2 Å². The Labute approximate surface area is 192 Å². The molecule has 0 saturated carbocycles. The summed E-state index contributed by atoms with van der Waals surface area (Å²) >= 11 is 0. The van der Waals surface area contributed by atoms with Gasteiger partial charge in [-0.15, -0.1) is 0 Å². The van der Waals surface area contributed by atoms with Gasteiger partial charge >= 0.3 is 5.97 Å². The summed E-state index contributed by atoms with van der Waals surface area (Å²) in [5.41, 5.74) is 6.27. The van der Waals surface area contributed by atoms with E-state index >= 15 is 0 Å². The first-order chi connectivity index (χ1) is 16.2. The van der Waals surface area contributed by atoms with Gasteiger partial charge < -0.3 is 14.4 Å². The van der Waals surface area contributed by atoms with E-state index < -0.39 is 5.97 Å². The number of para-hydroxylation sites is 2. The van der Waals surface area contributed by atoms with Crippen molar-refractivity contribution in [2.75, 3.05) is 6.61 Å². The van der Waals surface area contributed by atoms with Crippen molar-refractivity contribution < 1.29 is 19.5 Å². The van der Waals surface area contributed by atoms with Crippen molar-refractivity contribution in [3.05, 3.63) is 102 Å². The quantitative estimate of drug-likeness (QED) is 0.238. The molecular weight excluding hydrogens is 416 g/mol. The van der Waals surface area contributed by atoms with Gasteiger partial charge in [-0.3, -0.25) is 15.1 Å². The summed E-state index contributed by atoms with van der Waals surface area (Å²) < 4.78 is 8.01. The number of carboxylic acid groups (broad SMARTS) is 1. The standard InChI is InChI=1S/C27H26N2O4/c1-2-15-32-28-18-26(20-9-8-12-23(16-20)33-22-10-4-3-5-11-22)29-19-21(17-27(30)31)24-13-6-7-14-25(24)29/h3-14,16,18-19,28H,2,15,17H2,1H3,(H,30,31). The second-order valence-corrected chi connectivity index (χ2v) is 7.55. The van der Waals surface area contributed by atoms with Crippen LogP contribution in [0.2, 0.25) is 0 Å². The van der Waals surface area contributed by atoms with Gasteiger partial charge in [0.15, 0.2) is 0 Å². The van der Waals surface area contributed by atoms with Crippen LogP contribution >= 0.6 is 0 Å². The largest absolute Gasteiger partial charge is 0.481 e. The van der Waals surface area contributed by atoms with Gasteiger partial charge in [0, 0.05) is 23.3 Å². The minimum Gasteiger partial charge on any atom is -0.481 e. The molecule has 0 fully saturated rings. The normalized spacial score (nSPS) is 11.5. The molecule has 0 unspecified atom stereocenters. The maximum atomic E-state index is 11.5. The van der Waals surface area contributed by atoms with Crippen molar-refractivity contribution in [2.45, 2.75) is 19.8 Å². The van der Waals surface area contributed by atoms with Crippen molar-refractivity contribution in [3.63, 3.8) is 0 Å². The number of nitrogens with zero attached hydrogens (tertiary/aromatic N) is 1. The maximum Gasteiger partial charge on any atom is 0.307 e. The number of ether oxygens (including phenoxy) is 1. The molecular formula is C27H26N2O4. The van der Waals surface area contributed by atoms with Crippen LogP contribution in [0.25, 0.3) is 16.6 Å². The van der Waals surface area contributed by atoms with Crippen LogP contribution in [0.4, 0.5) is 0 Å². The van der Waals surface area contributed by atoms with Crippen LogP contribution < -0.4 is 10.2 Å². The highest BCUT2D eigenvalue weighted by molar-refractivity contribution is 5.91. The summed E-state index contributed by atoms with van der Waals surface area (Å²) in [4.78, 5) is 17.0. The minimum atomic E-state index is -0.869. The van der Waals surface area contributed by atoms with Gasteiger partial charge in [0.25, 0.3) is 0 Å². The molecule has 1 heterocycles. The van der Waals surface area contributed by atoms with Crippen LogP contribution in [0.15, 0.2) is 91.3 Å². The SMILES string of the molecule is CCCONC=C(c1cccc(Oc2ccccc2)c1)n1cc(CC(=O)O)c2ccccc21. The molecule has 6 heteroatoms. The minimum absolute atomic E-state index is 0.0578. The number of nitrogens with one attached hydrogen (secondary N) is 1. The van der Waals surface area contributed by atoms with E-state index in [9.17, 15) is 9.90 Å². The first kappa shape index (κ1) is 22.2. The zero-order valence-electron chi connectivity index (χ0n) is 18.4. The zero-order valence-corrected chi connectivity index (χ0v) is 18.4. The average molecular weight is 443 g/mol. The molecule has 168 valence electrons. The van der Waals surface area contributed by atoms with E-state index in [1.807, 2.05) is 96.6 Å². The fraction of sp³-hybridized carbons (Fsp3) is 0.148. The first-order valence-corrected chi connectivity index (χ1v) is 10.9. The number of aromatic nitrogens is 1. The summed E-state index contributed by atoms with van der Waals surface area (Å²) in [6.45, 7) is 2.60. The van der Waals surface area contributed by atoms with Gasteiger partial charge in [0.1, 0.15) is 11.5 Å². The molecule has 1 aromatic heterocycles. The highest BCUT2D eigenvalue weighted by Gasteiger charge is 2.15. The van der Waals surface area contributed by atoms with Gasteiger partial charge in [0.05, 0.1) is 24.2 Å². The van der Waals surface area contributed by atoms with Crippen LogP contribution in [0.3, 0.4) is 0 Å². The third-order valence-electron chi connectivity index (χ3n) is 5.09.